The molecule has 0 aliphatic rings. The van der Waals surface area contributed by atoms with Crippen molar-refractivity contribution >= 4 is 104 Å². The van der Waals surface area contributed by atoms with Gasteiger partial charge in [0, 0.05) is 27.2 Å². The molecule has 12 aromatic rings. The molecule has 0 atom stereocenters. The van der Waals surface area contributed by atoms with Crippen LogP contribution in [0.15, 0.2) is 180 Å². The summed E-state index contributed by atoms with van der Waals surface area (Å²) in [6.07, 6.45) is 0. The van der Waals surface area contributed by atoms with Crippen LogP contribution in [-0.2, 0) is 0 Å². The van der Waals surface area contributed by atoms with E-state index in [1.807, 2.05) is 12.1 Å². The Hall–Kier alpha value is -6.90. The van der Waals surface area contributed by atoms with Crippen LogP contribution in [0.1, 0.15) is 0 Å². The minimum Gasteiger partial charge on any atom is -0.456 e. The van der Waals surface area contributed by atoms with E-state index in [9.17, 15) is 0 Å². The van der Waals surface area contributed by atoms with Crippen molar-refractivity contribution < 1.29 is 4.42 Å². The zero-order valence-electron chi connectivity index (χ0n) is 28.1. The summed E-state index contributed by atoms with van der Waals surface area (Å²) in [6.45, 7) is 0. The predicted molar refractivity (Wildman–Crippen MR) is 221 cm³/mol. The summed E-state index contributed by atoms with van der Waals surface area (Å²) >= 11 is 0. The van der Waals surface area contributed by atoms with E-state index in [0.29, 0.717) is 0 Å². The number of fused-ring (bicyclic) bond motifs is 3. The minimum absolute atomic E-state index is 0.907. The maximum absolute atomic E-state index is 6.19. The summed E-state index contributed by atoms with van der Waals surface area (Å²) in [6, 6.07) is 64.6. The van der Waals surface area contributed by atoms with Gasteiger partial charge >= 0.3 is 0 Å². The van der Waals surface area contributed by atoms with E-state index < -0.39 is 0 Å². The highest BCUT2D eigenvalue weighted by molar-refractivity contribution is 6.28. The molecule has 0 spiro atoms. The number of nitrogens with zero attached hydrogens (tertiary/aromatic N) is 1. The molecule has 1 aromatic heterocycles. The molecule has 0 amide bonds. The Bertz CT molecular complexity index is 3190. The molecule has 0 aliphatic heterocycles. The average Bonchev–Trinajstić information content (AvgIpc) is 3.58. The monoisotopic (exact) mass is 659 g/mol. The van der Waals surface area contributed by atoms with Crippen molar-refractivity contribution in [1.82, 2.24) is 0 Å². The first-order valence-corrected chi connectivity index (χ1v) is 17.9. The fraction of sp³-hybridized carbons (Fsp3) is 0. The second kappa shape index (κ2) is 10.3. The largest absolute Gasteiger partial charge is 0.456 e. The number of furan rings is 1. The number of benzene rings is 11. The molecule has 0 N–H and O–H groups in total. The second-order valence-electron chi connectivity index (χ2n) is 14.1. The van der Waals surface area contributed by atoms with Crippen LogP contribution in [0.4, 0.5) is 17.1 Å². The molecule has 0 fully saturated rings. The third kappa shape index (κ3) is 3.84. The predicted octanol–water partition coefficient (Wildman–Crippen LogP) is 14.5. The van der Waals surface area contributed by atoms with Crippen molar-refractivity contribution in [1.29, 1.82) is 0 Å². The van der Waals surface area contributed by atoms with Gasteiger partial charge in [0.05, 0.1) is 11.4 Å². The van der Waals surface area contributed by atoms with E-state index in [1.54, 1.807) is 0 Å². The van der Waals surface area contributed by atoms with Gasteiger partial charge in [0.1, 0.15) is 11.2 Å². The zero-order valence-corrected chi connectivity index (χ0v) is 28.1. The van der Waals surface area contributed by atoms with Gasteiger partial charge in [-0.2, -0.15) is 0 Å². The molecule has 1 heterocycles. The first-order chi connectivity index (χ1) is 25.8. The van der Waals surface area contributed by atoms with Gasteiger partial charge in [0.25, 0.3) is 0 Å². The average molecular weight is 660 g/mol. The maximum Gasteiger partial charge on any atom is 0.135 e. The SMILES string of the molecule is c1cc(-c2ccc3oc4ccccc4c3c2)cc(N(c2ccc3ccc4cccc5ccc2c3c45)c2ccc3ccc4cccc5ccc2c3c45)c1. The van der Waals surface area contributed by atoms with Crippen molar-refractivity contribution in [2.45, 2.75) is 0 Å². The van der Waals surface area contributed by atoms with E-state index >= 15 is 0 Å². The molecule has 240 valence electrons. The fourth-order valence-corrected chi connectivity index (χ4v) is 8.97. The van der Waals surface area contributed by atoms with Crippen molar-refractivity contribution in [2.75, 3.05) is 4.90 Å². The number of rotatable bonds is 4. The van der Waals surface area contributed by atoms with Crippen LogP contribution in [-0.4, -0.2) is 0 Å². The van der Waals surface area contributed by atoms with Crippen molar-refractivity contribution in [2.24, 2.45) is 0 Å². The number of para-hydroxylation sites is 1. The number of anilines is 3. The number of hydrogen-bond donors (Lipinski definition) is 0. The van der Waals surface area contributed by atoms with Crippen LogP contribution in [0.2, 0.25) is 0 Å². The Morgan fingerprint density at radius 3 is 1.44 bits per heavy atom. The summed E-state index contributed by atoms with van der Waals surface area (Å²) in [5.41, 5.74) is 7.57. The Morgan fingerprint density at radius 1 is 0.308 bits per heavy atom. The van der Waals surface area contributed by atoms with Crippen molar-refractivity contribution in [3.05, 3.63) is 176 Å². The first-order valence-electron chi connectivity index (χ1n) is 17.9. The molecule has 11 aromatic carbocycles. The van der Waals surface area contributed by atoms with Gasteiger partial charge in [-0.25, -0.2) is 0 Å². The molecule has 0 unspecified atom stereocenters. The highest BCUT2D eigenvalue weighted by atomic mass is 16.3. The quantitative estimate of drug-likeness (QED) is 0.175. The fourth-order valence-electron chi connectivity index (χ4n) is 8.97. The van der Waals surface area contributed by atoms with Gasteiger partial charge in [-0.3, -0.25) is 0 Å². The molecule has 52 heavy (non-hydrogen) atoms. The standard InChI is InChI=1S/C50H29NO/c1-2-13-45-39(12-1)42-29-37(22-27-46(42)52-45)36-10-5-11-38(28-36)51(43-25-20-34-16-14-30-6-3-8-32-18-23-40(43)49(34)47(30)32)44-26-21-35-17-15-31-7-4-9-33-19-24-41(44)50(35)48(31)33/h1-29H. The summed E-state index contributed by atoms with van der Waals surface area (Å²) < 4.78 is 6.19. The summed E-state index contributed by atoms with van der Waals surface area (Å²) in [5.74, 6) is 0. The molecule has 2 heteroatoms. The highest BCUT2D eigenvalue weighted by Crippen LogP contribution is 2.48. The molecule has 2 nitrogen and oxygen atoms in total. The van der Waals surface area contributed by atoms with Crippen molar-refractivity contribution in [3.8, 4) is 11.1 Å². The molecule has 0 aliphatic carbocycles. The van der Waals surface area contributed by atoms with E-state index in [0.717, 1.165) is 50.1 Å². The Kier molecular flexibility index (Phi) is 5.53. The van der Waals surface area contributed by atoms with Gasteiger partial charge in [-0.1, -0.05) is 133 Å². The van der Waals surface area contributed by atoms with E-state index in [1.165, 1.54) is 64.6 Å². The van der Waals surface area contributed by atoms with E-state index in [2.05, 4.69) is 169 Å². The smallest absolute Gasteiger partial charge is 0.135 e. The van der Waals surface area contributed by atoms with E-state index in [-0.39, 0.29) is 0 Å². The van der Waals surface area contributed by atoms with Crippen LogP contribution in [0.3, 0.4) is 0 Å². The van der Waals surface area contributed by atoms with Gasteiger partial charge in [-0.05, 0) is 107 Å². The second-order valence-corrected chi connectivity index (χ2v) is 14.1. The van der Waals surface area contributed by atoms with Crippen molar-refractivity contribution in [3.63, 3.8) is 0 Å². The Labute approximate surface area is 299 Å². The van der Waals surface area contributed by atoms with Crippen LogP contribution in [0.5, 0.6) is 0 Å². The lowest BCUT2D eigenvalue weighted by atomic mass is 9.91. The normalized spacial score (nSPS) is 12.2. The van der Waals surface area contributed by atoms with Gasteiger partial charge in [-0.15, -0.1) is 0 Å². The Morgan fingerprint density at radius 2 is 0.808 bits per heavy atom. The lowest BCUT2D eigenvalue weighted by Gasteiger charge is -2.30. The van der Waals surface area contributed by atoms with E-state index in [4.69, 9.17) is 4.42 Å². The van der Waals surface area contributed by atoms with Crippen LogP contribution >= 0.6 is 0 Å². The molecule has 0 saturated heterocycles. The summed E-state index contributed by atoms with van der Waals surface area (Å²) in [5, 5.41) is 17.6. The molecular weight excluding hydrogens is 631 g/mol. The van der Waals surface area contributed by atoms with Gasteiger partial charge in [0.2, 0.25) is 0 Å². The molecule has 0 saturated carbocycles. The molecule has 0 bridgehead atoms. The van der Waals surface area contributed by atoms with Crippen LogP contribution in [0.25, 0.3) is 97.7 Å². The minimum atomic E-state index is 0.907. The zero-order chi connectivity index (χ0) is 33.9. The highest BCUT2D eigenvalue weighted by Gasteiger charge is 2.22. The lowest BCUT2D eigenvalue weighted by Crippen LogP contribution is -2.11. The molecular formula is C50H29NO. The van der Waals surface area contributed by atoms with Crippen LogP contribution in [0, 0.1) is 0 Å². The molecule has 0 radical (unpaired) electrons. The maximum atomic E-state index is 6.19. The summed E-state index contributed by atoms with van der Waals surface area (Å²) in [7, 11) is 0. The molecule has 12 rings (SSSR count). The third-order valence-electron chi connectivity index (χ3n) is 11.3. The lowest BCUT2D eigenvalue weighted by molar-refractivity contribution is 0.669. The topological polar surface area (TPSA) is 16.4 Å². The van der Waals surface area contributed by atoms with Crippen LogP contribution < -0.4 is 4.90 Å². The van der Waals surface area contributed by atoms with Gasteiger partial charge in [0.15, 0.2) is 0 Å². The first kappa shape index (κ1) is 27.9. The Balaban J connectivity index is 1.15. The number of hydrogen-bond acceptors (Lipinski definition) is 2. The summed E-state index contributed by atoms with van der Waals surface area (Å²) in [4.78, 5) is 2.49. The third-order valence-corrected chi connectivity index (χ3v) is 11.3. The van der Waals surface area contributed by atoms with Gasteiger partial charge < -0.3 is 9.32 Å².